The summed E-state index contributed by atoms with van der Waals surface area (Å²) < 4.78 is 15.7. The van der Waals surface area contributed by atoms with Gasteiger partial charge in [-0.25, -0.2) is 0 Å². The van der Waals surface area contributed by atoms with E-state index in [9.17, 15) is 29.4 Å². The number of methoxy groups -OCH3 is 2. The predicted octanol–water partition coefficient (Wildman–Crippen LogP) is 10.3. The molecule has 2 aromatic rings. The van der Waals surface area contributed by atoms with Crippen molar-refractivity contribution in [1.29, 1.82) is 1.28 Å². The molecule has 61 heavy (non-hydrogen) atoms. The van der Waals surface area contributed by atoms with E-state index in [1.807, 2.05) is 42.5 Å². The summed E-state index contributed by atoms with van der Waals surface area (Å²) in [6, 6.07) is 20.6. The number of ketones is 2. The van der Waals surface area contributed by atoms with Gasteiger partial charge in [-0.2, -0.15) is 0 Å². The van der Waals surface area contributed by atoms with Crippen molar-refractivity contribution in [3.05, 3.63) is 120 Å². The summed E-state index contributed by atoms with van der Waals surface area (Å²) in [4.78, 5) is 46.9. The summed E-state index contributed by atoms with van der Waals surface area (Å²) in [6.07, 6.45) is 24.7. The number of carbonyl (C=O) groups is 4. The van der Waals surface area contributed by atoms with Crippen LogP contribution in [-0.2, 0) is 53.3 Å². The van der Waals surface area contributed by atoms with E-state index in [1.165, 1.54) is 25.3 Å². The minimum atomic E-state index is -0.870. The smallest absolute Gasteiger partial charge is 0.355 e. The molecule has 0 bridgehead atoms. The molecule has 2 aromatic carbocycles. The minimum absolute atomic E-state index is 0.0603. The van der Waals surface area contributed by atoms with E-state index in [-0.39, 0.29) is 41.9 Å². The maximum absolute atomic E-state index is 12.5. The highest BCUT2D eigenvalue weighted by Crippen LogP contribution is 2.38. The van der Waals surface area contributed by atoms with Crippen LogP contribution in [-0.4, -0.2) is 61.4 Å². The zero-order chi connectivity index (χ0) is 45.7. The lowest BCUT2D eigenvalue weighted by atomic mass is 9.86. The van der Waals surface area contributed by atoms with Gasteiger partial charge in [-0.15, -0.1) is 0 Å². The van der Waals surface area contributed by atoms with Crippen molar-refractivity contribution in [1.82, 2.24) is 0 Å². The van der Waals surface area contributed by atoms with Gasteiger partial charge in [0, 0.05) is 43.4 Å². The Balaban J connectivity index is 0.000000393. The third-order valence-corrected chi connectivity index (χ3v) is 11.4. The Kier molecular flexibility index (Phi) is 27.4. The number of ether oxygens (including phenoxy) is 2. The highest BCUT2D eigenvalue weighted by molar-refractivity contribution is 8.24. The average Bonchev–Trinajstić information content (AvgIpc) is 3.69. The molecule has 2 aliphatic rings. The van der Waals surface area contributed by atoms with E-state index >= 15 is 0 Å². The number of hydrogen-bond acceptors (Lipinski definition) is 9. The number of aliphatic hydroxyl groups excluding tert-OH is 2. The summed E-state index contributed by atoms with van der Waals surface area (Å²) in [5.74, 6) is 0.890. The van der Waals surface area contributed by atoms with Crippen LogP contribution in [0.3, 0.4) is 0 Å². The van der Waals surface area contributed by atoms with Gasteiger partial charge >= 0.3 is 13.2 Å². The molecule has 0 amide bonds. The number of carbonyl (C=O) groups excluding carboxylic acids is 4. The highest BCUT2D eigenvalue weighted by atomic mass is 32.6. The Hall–Kier alpha value is -3.45. The van der Waals surface area contributed by atoms with Crippen LogP contribution in [0.15, 0.2) is 109 Å². The summed E-state index contributed by atoms with van der Waals surface area (Å²) in [7, 11) is 5.00. The molecule has 0 heterocycles. The molecule has 2 saturated carbocycles. The zero-order valence-electron chi connectivity index (χ0n) is 37.7. The molecule has 0 spiro atoms. The maximum atomic E-state index is 12.5. The van der Waals surface area contributed by atoms with Gasteiger partial charge in [0.15, 0.2) is 18.8 Å². The second-order valence-electron chi connectivity index (χ2n) is 16.1. The van der Waals surface area contributed by atoms with E-state index < -0.39 is 19.2 Å². The number of benzene rings is 2. The van der Waals surface area contributed by atoms with Crippen LogP contribution < -0.4 is 0 Å². The normalized spacial score (nSPS) is 22.7. The van der Waals surface area contributed by atoms with Crippen LogP contribution in [0.1, 0.15) is 102 Å². The molecule has 4 rings (SSSR count). The predicted molar refractivity (Wildman–Crippen MR) is 256 cm³/mol. The first kappa shape index (κ1) is 51.9. The quantitative estimate of drug-likeness (QED) is 0.0514. The standard InChI is InChI=1S/C26H36O3.C24H32O5.H2P2S/c1-20(15-17-22-11-7-6-8-12-22)16-18-23-21(2)19-25(27)24(23)13-9-4-5-10-14-26(28)29-3;1-29-24(28)12-8-3-2-7-11-20-21(23(27)17-22(20)26)16-15-19(25)14-13-18-9-5-4-6-10-18;1-2-3/h4,6-9,11-12,16,18,20-21,23-24H,5,10,13-15,17,19H2,1-3H3;2,4-7,9-10,15-16,19-21,23,25,27H,3,8,11-14,17H2,1H3;1H2/p+1/b9-4-,18-16+;7-2-,16-15+;/t20-,21+,23-,24+;19-,20+,21+,23+;/m00./s1/i/hT. The third kappa shape index (κ3) is 22.5. The molecule has 2 unspecified atom stereocenters. The van der Waals surface area contributed by atoms with Crippen molar-refractivity contribution in [3.63, 3.8) is 0 Å². The molecule has 11 heteroatoms. The summed E-state index contributed by atoms with van der Waals surface area (Å²) >= 11 is 4.31. The van der Waals surface area contributed by atoms with E-state index in [4.69, 9.17) is 1.28 Å². The molecule has 2 aliphatic carbocycles. The van der Waals surface area contributed by atoms with Gasteiger partial charge in [-0.3, -0.25) is 19.2 Å². The monoisotopic (exact) mass is 895 g/mol. The van der Waals surface area contributed by atoms with Crippen LogP contribution in [0.4, 0.5) is 0 Å². The van der Waals surface area contributed by atoms with Gasteiger partial charge in [0.05, 0.1) is 35.4 Å². The third-order valence-electron chi connectivity index (χ3n) is 11.4. The second-order valence-corrected chi connectivity index (χ2v) is 18.8. The fourth-order valence-electron chi connectivity index (χ4n) is 7.77. The van der Waals surface area contributed by atoms with Gasteiger partial charge in [0.25, 0.3) is 0 Å². The van der Waals surface area contributed by atoms with Crippen molar-refractivity contribution in [2.75, 3.05) is 14.2 Å². The molecule has 0 aromatic heterocycles. The number of esters is 2. The van der Waals surface area contributed by atoms with Crippen molar-refractivity contribution in [2.45, 2.75) is 116 Å². The lowest BCUT2D eigenvalue weighted by molar-refractivity contribution is -0.141. The fourth-order valence-corrected chi connectivity index (χ4v) is 7.77. The van der Waals surface area contributed by atoms with E-state index in [2.05, 4.69) is 98.7 Å². The molecular formula is C50H71O8P2S+. The van der Waals surface area contributed by atoms with Gasteiger partial charge in [0.1, 0.15) is 11.6 Å². The van der Waals surface area contributed by atoms with Crippen LogP contribution >= 0.6 is 15.9 Å². The van der Waals surface area contributed by atoms with E-state index in [1.54, 1.807) is 12.2 Å². The molecule has 10 atom stereocenters. The zero-order valence-corrected chi connectivity index (χ0v) is 39.6. The number of hydrogen-bond donors (Lipinski definition) is 2. The number of rotatable bonds is 22. The molecule has 0 aliphatic heterocycles. The maximum Gasteiger partial charge on any atom is 0.355 e. The average molecular weight is 896 g/mol. The lowest BCUT2D eigenvalue weighted by Crippen LogP contribution is -2.19. The molecule has 0 saturated heterocycles. The number of Topliss-reactive ketones (excluding diaryl/α,β-unsaturated/α-hetero) is 2. The van der Waals surface area contributed by atoms with Crippen LogP contribution in [0.2, 0.25) is 0 Å². The number of unbranched alkanes of at least 4 members (excludes halogenated alkanes) is 2. The molecule has 2 fully saturated rings. The molecular weight excluding hydrogens is 823 g/mol. The number of aliphatic hydroxyl groups is 2. The molecule has 0 radical (unpaired) electrons. The summed E-state index contributed by atoms with van der Waals surface area (Å²) in [5.41, 5.74) is 2.55. The Bertz CT molecular complexity index is 1630. The minimum Gasteiger partial charge on any atom is -0.469 e. The Labute approximate surface area is 376 Å². The topological polar surface area (TPSA) is 127 Å². The Morgan fingerprint density at radius 2 is 1.26 bits per heavy atom. The molecule has 2 N–H and O–H groups in total. The summed E-state index contributed by atoms with van der Waals surface area (Å²) in [5, 5.41) is 20.5. The van der Waals surface area contributed by atoms with Crippen molar-refractivity contribution in [2.24, 2.45) is 35.5 Å². The Morgan fingerprint density at radius 1 is 0.803 bits per heavy atom. The molecule has 8 nitrogen and oxygen atoms in total. The highest BCUT2D eigenvalue weighted by Gasteiger charge is 2.39. The van der Waals surface area contributed by atoms with Gasteiger partial charge in [-0.05, 0) is 93.1 Å². The van der Waals surface area contributed by atoms with Crippen molar-refractivity contribution < 1.29 is 38.9 Å². The van der Waals surface area contributed by atoms with Crippen LogP contribution in [0.25, 0.3) is 0 Å². The fraction of sp³-hybridized carbons (Fsp3) is 0.520. The van der Waals surface area contributed by atoms with Crippen LogP contribution in [0, 0.1) is 35.5 Å². The number of aryl methyl sites for hydroxylation is 2. The van der Waals surface area contributed by atoms with Crippen LogP contribution in [0.5, 0.6) is 0 Å². The second kappa shape index (κ2) is 32.3. The van der Waals surface area contributed by atoms with Gasteiger partial charge < -0.3 is 19.7 Å². The first-order valence-corrected chi connectivity index (χ1v) is 25.3. The first-order valence-electron chi connectivity index (χ1n) is 22.2. The van der Waals surface area contributed by atoms with Gasteiger partial charge in [-0.1, -0.05) is 123 Å². The van der Waals surface area contributed by atoms with Crippen molar-refractivity contribution in [3.8, 4) is 0 Å². The number of allylic oxidation sites excluding steroid dienone is 6. The van der Waals surface area contributed by atoms with Gasteiger partial charge in [0.2, 0.25) is 0 Å². The largest absolute Gasteiger partial charge is 0.469 e. The Morgan fingerprint density at radius 3 is 1.77 bits per heavy atom. The lowest BCUT2D eigenvalue weighted by Gasteiger charge is -2.17. The van der Waals surface area contributed by atoms with E-state index in [0.717, 1.165) is 44.9 Å². The SMILES string of the molecule is COC(=O)CCC/C=C\C[C@H]1C(=O)C[C@@H](C)[C@@H]1/C=C/[C@@H](C)CCc1ccccc1.COC(=O)CCC/C=C\C[C@H]1C(=O)C[C@@H](O)[C@@H]1/C=C/[C@@H](O)CCc1ccccc1.[3H][P+](P)=S. The van der Waals surface area contributed by atoms with E-state index in [0.29, 0.717) is 62.1 Å². The summed E-state index contributed by atoms with van der Waals surface area (Å²) in [6.45, 7) is 3.59. The van der Waals surface area contributed by atoms with Crippen molar-refractivity contribution >= 4 is 51.2 Å². The first-order chi connectivity index (χ1) is 29.7. The molecule has 334 valence electrons.